The maximum absolute atomic E-state index is 12.0. The van der Waals surface area contributed by atoms with E-state index in [9.17, 15) is 4.79 Å². The molecule has 9 nitrogen and oxygen atoms in total. The van der Waals surface area contributed by atoms with Crippen LogP contribution >= 0.6 is 0 Å². The zero-order chi connectivity index (χ0) is 21.3. The van der Waals surface area contributed by atoms with Gasteiger partial charge in [-0.3, -0.25) is 4.79 Å². The first-order chi connectivity index (χ1) is 14.5. The van der Waals surface area contributed by atoms with Gasteiger partial charge in [0.15, 0.2) is 11.3 Å². The molecule has 156 valence electrons. The first-order valence-electron chi connectivity index (χ1n) is 9.91. The number of carbonyl (C=O) groups excluding carboxylic acids is 1. The lowest BCUT2D eigenvalue weighted by atomic mass is 10.1. The molecule has 0 radical (unpaired) electrons. The lowest BCUT2D eigenvalue weighted by molar-refractivity contribution is -0.121. The number of anilines is 1. The van der Waals surface area contributed by atoms with Gasteiger partial charge in [-0.15, -0.1) is 0 Å². The Morgan fingerprint density at radius 3 is 2.90 bits per heavy atom. The van der Waals surface area contributed by atoms with Crippen molar-refractivity contribution in [2.75, 3.05) is 12.4 Å². The summed E-state index contributed by atoms with van der Waals surface area (Å²) in [5.41, 5.74) is 10.3. The lowest BCUT2D eigenvalue weighted by Crippen LogP contribution is -2.30. The van der Waals surface area contributed by atoms with Gasteiger partial charge in [0.25, 0.3) is 5.71 Å². The van der Waals surface area contributed by atoms with Crippen LogP contribution in [0.3, 0.4) is 0 Å². The van der Waals surface area contributed by atoms with Gasteiger partial charge in [0.2, 0.25) is 11.8 Å². The summed E-state index contributed by atoms with van der Waals surface area (Å²) in [6, 6.07) is 7.61. The summed E-state index contributed by atoms with van der Waals surface area (Å²) in [7, 11) is 3.71. The molecule has 0 spiro atoms. The van der Waals surface area contributed by atoms with E-state index < -0.39 is 0 Å². The second kappa shape index (κ2) is 8.11. The zero-order valence-corrected chi connectivity index (χ0v) is 17.3. The molecule has 30 heavy (non-hydrogen) atoms. The summed E-state index contributed by atoms with van der Waals surface area (Å²) in [6.45, 7) is 2.38. The molecule has 0 saturated carbocycles. The number of fused-ring (bicyclic) bond motifs is 3. The number of carbonyl (C=O) groups is 1. The smallest absolute Gasteiger partial charge is 0.251 e. The van der Waals surface area contributed by atoms with Crippen molar-refractivity contribution in [3.05, 3.63) is 36.2 Å². The minimum atomic E-state index is -0.116. The molecule has 0 bridgehead atoms. The van der Waals surface area contributed by atoms with E-state index in [0.717, 1.165) is 28.6 Å². The Morgan fingerprint density at radius 2 is 2.13 bits per heavy atom. The molecule has 4 rings (SSSR count). The van der Waals surface area contributed by atoms with Gasteiger partial charge in [0.05, 0.1) is 6.33 Å². The van der Waals surface area contributed by atoms with Gasteiger partial charge in [-0.1, -0.05) is 19.1 Å². The number of imidazole rings is 1. The second-order valence-corrected chi connectivity index (χ2v) is 7.29. The third kappa shape index (κ3) is 3.71. The molecule has 0 aliphatic heterocycles. The van der Waals surface area contributed by atoms with Crippen molar-refractivity contribution in [3.63, 3.8) is 0 Å². The summed E-state index contributed by atoms with van der Waals surface area (Å²) in [4.78, 5) is 25.6. The van der Waals surface area contributed by atoms with Crippen LogP contribution in [0, 0.1) is 0 Å². The monoisotopic (exact) mass is 407 g/mol. The van der Waals surface area contributed by atoms with Crippen molar-refractivity contribution in [1.29, 1.82) is 0 Å². The fourth-order valence-corrected chi connectivity index (χ4v) is 3.35. The van der Waals surface area contributed by atoms with Crippen molar-refractivity contribution in [1.82, 2.24) is 24.8 Å². The van der Waals surface area contributed by atoms with E-state index in [0.29, 0.717) is 35.9 Å². The number of pyridine rings is 1. The van der Waals surface area contributed by atoms with E-state index in [1.807, 2.05) is 42.8 Å². The van der Waals surface area contributed by atoms with Crippen molar-refractivity contribution >= 4 is 34.0 Å². The first kappa shape index (κ1) is 19.8. The Labute approximate surface area is 173 Å². The van der Waals surface area contributed by atoms with E-state index in [2.05, 4.69) is 25.6 Å². The average molecular weight is 407 g/mol. The van der Waals surface area contributed by atoms with Gasteiger partial charge < -0.3 is 25.4 Å². The molecule has 0 saturated heterocycles. The topological polar surface area (TPSA) is 124 Å². The van der Waals surface area contributed by atoms with E-state index in [1.165, 1.54) is 0 Å². The van der Waals surface area contributed by atoms with Crippen LogP contribution in [0.15, 0.2) is 35.0 Å². The summed E-state index contributed by atoms with van der Waals surface area (Å²) in [5, 5.41) is 5.97. The maximum Gasteiger partial charge on any atom is 0.251 e. The molecule has 3 heterocycles. The summed E-state index contributed by atoms with van der Waals surface area (Å²) in [6.07, 6.45) is 2.82. The van der Waals surface area contributed by atoms with E-state index in [4.69, 9.17) is 10.2 Å². The lowest BCUT2D eigenvalue weighted by Gasteiger charge is -2.09. The number of nitrogens with one attached hydrogen (secondary N) is 2. The Kier molecular flexibility index (Phi) is 5.37. The molecule has 1 atom stereocenters. The minimum Gasteiger partial charge on any atom is -0.418 e. The van der Waals surface area contributed by atoms with Crippen LogP contribution in [-0.4, -0.2) is 38.5 Å². The molecule has 3 aromatic heterocycles. The Hall–Kier alpha value is -3.46. The number of aromatic nitrogens is 4. The molecule has 0 unspecified atom stereocenters. The highest BCUT2D eigenvalue weighted by Gasteiger charge is 2.18. The molecule has 1 aromatic carbocycles. The highest BCUT2D eigenvalue weighted by Crippen LogP contribution is 2.31. The van der Waals surface area contributed by atoms with Crippen molar-refractivity contribution in [3.8, 4) is 11.5 Å². The van der Waals surface area contributed by atoms with Crippen molar-refractivity contribution in [2.45, 2.75) is 32.4 Å². The van der Waals surface area contributed by atoms with Gasteiger partial charge >= 0.3 is 0 Å². The number of amides is 1. The van der Waals surface area contributed by atoms with Crippen LogP contribution in [0.25, 0.3) is 33.7 Å². The van der Waals surface area contributed by atoms with Crippen LogP contribution in [0.1, 0.15) is 25.3 Å². The second-order valence-electron chi connectivity index (χ2n) is 7.29. The molecule has 9 heteroatoms. The molecular weight excluding hydrogens is 382 g/mol. The molecule has 4 N–H and O–H groups in total. The maximum atomic E-state index is 12.0. The molecule has 4 aromatic rings. The number of benzene rings is 1. The molecule has 0 aliphatic carbocycles. The van der Waals surface area contributed by atoms with Gasteiger partial charge in [-0.2, -0.15) is 4.98 Å². The van der Waals surface area contributed by atoms with Gasteiger partial charge in [0, 0.05) is 38.7 Å². The number of hydrogen-bond acceptors (Lipinski definition) is 7. The molecule has 0 aliphatic rings. The van der Waals surface area contributed by atoms with Crippen molar-refractivity contribution < 1.29 is 9.21 Å². The van der Waals surface area contributed by atoms with Crippen LogP contribution in [0.2, 0.25) is 0 Å². The van der Waals surface area contributed by atoms with Crippen LogP contribution in [0.4, 0.5) is 5.82 Å². The fourth-order valence-electron chi connectivity index (χ4n) is 3.35. The van der Waals surface area contributed by atoms with E-state index >= 15 is 0 Å². The molecular formula is C21H25N7O2. The predicted molar refractivity (Wildman–Crippen MR) is 116 cm³/mol. The molecule has 0 fully saturated rings. The Balaban J connectivity index is 1.63. The third-order valence-electron chi connectivity index (χ3n) is 5.08. The Morgan fingerprint density at radius 1 is 1.30 bits per heavy atom. The van der Waals surface area contributed by atoms with Crippen molar-refractivity contribution in [2.24, 2.45) is 12.8 Å². The highest BCUT2D eigenvalue weighted by atomic mass is 16.4. The number of aryl methyl sites for hydroxylation is 1. The zero-order valence-electron chi connectivity index (χ0n) is 17.3. The van der Waals surface area contributed by atoms with E-state index in [1.54, 1.807) is 13.4 Å². The standard InChI is InChI=1S/C21H25N7O2/c1-4-14(22)9-15(29)24-10-12-6-5-7-13(8-12)20-26-17-18-16(25-11-28(18)3)19(23-2)27-21(17)30-20/h5-8,11,14H,4,9-10,22H2,1-3H3,(H,23,27)(H,24,29)/t14-/m1/s1. The van der Waals surface area contributed by atoms with Gasteiger partial charge in [-0.05, 0) is 24.1 Å². The van der Waals surface area contributed by atoms with Crippen LogP contribution in [-0.2, 0) is 18.4 Å². The fraction of sp³-hybridized carbons (Fsp3) is 0.333. The van der Waals surface area contributed by atoms with Gasteiger partial charge in [0.1, 0.15) is 11.0 Å². The summed E-state index contributed by atoms with van der Waals surface area (Å²) < 4.78 is 7.87. The SMILES string of the molecule is CC[C@@H](N)CC(=O)NCc1cccc(-c2nc3c(nc(NC)c4ncn(C)c43)o2)c1. The van der Waals surface area contributed by atoms with Gasteiger partial charge in [-0.25, -0.2) is 9.97 Å². The predicted octanol–water partition coefficient (Wildman–Crippen LogP) is 2.56. The van der Waals surface area contributed by atoms with Crippen LogP contribution in [0.5, 0.6) is 0 Å². The highest BCUT2D eigenvalue weighted by molar-refractivity contribution is 6.03. The third-order valence-corrected chi connectivity index (χ3v) is 5.08. The minimum absolute atomic E-state index is 0.0565. The number of nitrogens with zero attached hydrogens (tertiary/aromatic N) is 4. The number of rotatable bonds is 7. The quantitative estimate of drug-likeness (QED) is 0.430. The summed E-state index contributed by atoms with van der Waals surface area (Å²) >= 11 is 0. The average Bonchev–Trinajstić information content (AvgIpc) is 3.35. The largest absolute Gasteiger partial charge is 0.418 e. The Bertz CT molecular complexity index is 1210. The number of hydrogen-bond donors (Lipinski definition) is 3. The number of nitrogens with two attached hydrogens (primary N) is 1. The first-order valence-corrected chi connectivity index (χ1v) is 9.91. The summed E-state index contributed by atoms with van der Waals surface area (Å²) in [5.74, 6) is 1.05. The number of oxazole rings is 1. The molecule has 1 amide bonds. The van der Waals surface area contributed by atoms with E-state index in [-0.39, 0.29) is 11.9 Å². The normalized spacial score (nSPS) is 12.4. The van der Waals surface area contributed by atoms with Crippen LogP contribution < -0.4 is 16.4 Å².